The lowest BCUT2D eigenvalue weighted by molar-refractivity contribution is -0.343. The smallest absolute Gasteiger partial charge is 0.128 e. The highest BCUT2D eigenvalue weighted by molar-refractivity contribution is 6.07. The number of anilines is 1. The predicted octanol–water partition coefficient (Wildman–Crippen LogP) is 8.62. The number of nitrogens with zero attached hydrogens (tertiary/aromatic N) is 4. The molecule has 0 unspecified atom stereocenters. The number of para-hydroxylation sites is 1. The minimum atomic E-state index is -0.331. The largest absolute Gasteiger partial charge is 0.295 e. The minimum Gasteiger partial charge on any atom is -0.295 e. The minimum absolute atomic E-state index is 0.0635. The van der Waals surface area contributed by atoms with Gasteiger partial charge in [0.15, 0.2) is 0 Å². The van der Waals surface area contributed by atoms with E-state index in [1.165, 1.54) is 12.8 Å². The van der Waals surface area contributed by atoms with Gasteiger partial charge in [0, 0.05) is 27.6 Å². The van der Waals surface area contributed by atoms with Crippen molar-refractivity contribution in [3.05, 3.63) is 66.2 Å². The molecule has 0 amide bonds. The monoisotopic (exact) mass is 588 g/mol. The van der Waals surface area contributed by atoms with Crippen molar-refractivity contribution in [1.82, 2.24) is 10.1 Å². The highest BCUT2D eigenvalue weighted by Crippen LogP contribution is 2.46. The van der Waals surface area contributed by atoms with Gasteiger partial charge in [-0.15, -0.1) is 0 Å². The first-order valence-electron chi connectivity index (χ1n) is 16.5. The Balaban J connectivity index is 1.59. The second-order valence-electron chi connectivity index (χ2n) is 16.1. The zero-order chi connectivity index (χ0) is 31.3. The molecular formula is C37H56N4O2. The number of hydrazone groups is 1. The quantitative estimate of drug-likeness (QED) is 0.309. The van der Waals surface area contributed by atoms with Crippen LogP contribution in [0.2, 0.25) is 0 Å². The summed E-state index contributed by atoms with van der Waals surface area (Å²) in [4.78, 5) is 14.4. The average molecular weight is 589 g/mol. The van der Waals surface area contributed by atoms with Gasteiger partial charge in [-0.25, -0.2) is 0 Å². The summed E-state index contributed by atoms with van der Waals surface area (Å²) in [5, 5.41) is 12.2. The Morgan fingerprint density at radius 1 is 0.674 bits per heavy atom. The maximum absolute atomic E-state index is 7.37. The molecule has 2 atom stereocenters. The van der Waals surface area contributed by atoms with Crippen LogP contribution < -0.4 is 5.01 Å². The van der Waals surface area contributed by atoms with Gasteiger partial charge in [-0.05, 0) is 112 Å². The van der Waals surface area contributed by atoms with Crippen molar-refractivity contribution in [1.29, 1.82) is 0 Å². The first-order chi connectivity index (χ1) is 20.1. The molecule has 3 heterocycles. The molecule has 3 aliphatic heterocycles. The van der Waals surface area contributed by atoms with E-state index in [2.05, 4.69) is 145 Å². The molecule has 0 spiro atoms. The number of hydroxylamine groups is 4. The van der Waals surface area contributed by atoms with Gasteiger partial charge in [-0.3, -0.25) is 14.7 Å². The van der Waals surface area contributed by atoms with E-state index in [9.17, 15) is 0 Å². The average Bonchev–Trinajstić information content (AvgIpc) is 3.20. The van der Waals surface area contributed by atoms with E-state index in [4.69, 9.17) is 14.8 Å². The zero-order valence-corrected chi connectivity index (χ0v) is 28.5. The van der Waals surface area contributed by atoms with Gasteiger partial charge in [0.05, 0.1) is 24.0 Å². The summed E-state index contributed by atoms with van der Waals surface area (Å²) in [5.41, 5.74) is 2.62. The van der Waals surface area contributed by atoms with Crippen LogP contribution in [0.25, 0.3) is 0 Å². The fraction of sp³-hybridized carbons (Fsp3) is 0.649. The van der Waals surface area contributed by atoms with Gasteiger partial charge >= 0.3 is 0 Å². The van der Waals surface area contributed by atoms with Crippen LogP contribution in [0.4, 0.5) is 5.69 Å². The molecule has 2 saturated heterocycles. The van der Waals surface area contributed by atoms with Crippen molar-refractivity contribution in [2.24, 2.45) is 10.5 Å². The lowest BCUT2D eigenvalue weighted by Gasteiger charge is -2.54. The summed E-state index contributed by atoms with van der Waals surface area (Å²) in [6.45, 7) is 23.6. The summed E-state index contributed by atoms with van der Waals surface area (Å²) < 4.78 is 0. The number of benzene rings is 2. The van der Waals surface area contributed by atoms with Crippen LogP contribution in [-0.2, 0) is 9.68 Å². The van der Waals surface area contributed by atoms with Crippen LogP contribution in [0.3, 0.4) is 0 Å². The van der Waals surface area contributed by atoms with Crippen molar-refractivity contribution in [3.8, 4) is 0 Å². The highest BCUT2D eigenvalue weighted by Gasteiger charge is 2.53. The molecule has 2 aromatic rings. The number of hydrogen-bond acceptors (Lipinski definition) is 6. The van der Waals surface area contributed by atoms with Gasteiger partial charge in [0.25, 0.3) is 0 Å². The van der Waals surface area contributed by atoms with Crippen LogP contribution in [0.15, 0.2) is 65.8 Å². The lowest BCUT2D eigenvalue weighted by Crippen LogP contribution is -2.64. The fourth-order valence-electron chi connectivity index (χ4n) is 8.24. The van der Waals surface area contributed by atoms with Gasteiger partial charge in [0.1, 0.15) is 6.10 Å². The van der Waals surface area contributed by atoms with Crippen molar-refractivity contribution < 1.29 is 9.68 Å². The Morgan fingerprint density at radius 3 is 1.65 bits per heavy atom. The molecular weight excluding hydrogens is 532 g/mol. The normalized spacial score (nSPS) is 27.1. The molecule has 0 aliphatic carbocycles. The second-order valence-corrected chi connectivity index (χ2v) is 16.1. The Bertz CT molecular complexity index is 1240. The number of hydrogen-bond donors (Lipinski definition) is 0. The van der Waals surface area contributed by atoms with E-state index in [1.54, 1.807) is 0 Å². The maximum atomic E-state index is 7.37. The molecule has 2 fully saturated rings. The Hall–Kier alpha value is -2.25. The first kappa shape index (κ1) is 32.2. The summed E-state index contributed by atoms with van der Waals surface area (Å²) in [5.74, 6) is 0. The topological polar surface area (TPSA) is 40.5 Å². The molecule has 0 saturated carbocycles. The molecule has 0 bridgehead atoms. The zero-order valence-electron chi connectivity index (χ0n) is 28.5. The van der Waals surface area contributed by atoms with Crippen LogP contribution in [0.5, 0.6) is 0 Å². The standard InChI is InChI=1S/C37H56N4O2/c1-33(2)23-17-24-34(3,4)40(33)42-27-30(43-41-35(5,6)25-18-26-36(41,7)8)32-37(9,10)31(28-19-13-11-14-20-28)38-39(32)29-21-15-12-16-22-29/h11-16,19-22,30,32H,17-18,23-27H2,1-10H3/t30-,32-/m0/s1. The summed E-state index contributed by atoms with van der Waals surface area (Å²) in [6, 6.07) is 21.1. The summed E-state index contributed by atoms with van der Waals surface area (Å²) in [7, 11) is 0. The van der Waals surface area contributed by atoms with Gasteiger partial charge < -0.3 is 0 Å². The van der Waals surface area contributed by atoms with E-state index < -0.39 is 0 Å². The molecule has 0 aromatic heterocycles. The van der Waals surface area contributed by atoms with Crippen molar-refractivity contribution in [3.63, 3.8) is 0 Å². The number of piperidine rings is 2. The molecule has 5 rings (SSSR count). The molecule has 236 valence electrons. The second kappa shape index (κ2) is 11.6. The molecule has 43 heavy (non-hydrogen) atoms. The molecule has 6 heteroatoms. The van der Waals surface area contributed by atoms with Crippen LogP contribution >= 0.6 is 0 Å². The molecule has 3 aliphatic rings. The fourth-order valence-corrected chi connectivity index (χ4v) is 8.24. The highest BCUT2D eigenvalue weighted by atomic mass is 16.7. The Labute approximate surface area is 261 Å². The van der Waals surface area contributed by atoms with E-state index in [1.807, 2.05) is 0 Å². The van der Waals surface area contributed by atoms with Crippen LogP contribution in [0.1, 0.15) is 113 Å². The summed E-state index contributed by atoms with van der Waals surface area (Å²) >= 11 is 0. The third kappa shape index (κ3) is 6.31. The Morgan fingerprint density at radius 2 is 1.14 bits per heavy atom. The molecule has 2 aromatic carbocycles. The molecule has 0 radical (unpaired) electrons. The predicted molar refractivity (Wildman–Crippen MR) is 178 cm³/mol. The van der Waals surface area contributed by atoms with E-state index in [0.717, 1.165) is 42.6 Å². The van der Waals surface area contributed by atoms with E-state index in [-0.39, 0.29) is 39.7 Å². The SMILES string of the molecule is CC1(C)C(c2ccccc2)=NN(c2ccccc2)[C@H]1[C@H](CON1C(C)(C)CCCC1(C)C)ON1C(C)(C)CCCC1(C)C. The van der Waals surface area contributed by atoms with E-state index >= 15 is 0 Å². The Kier molecular flexibility index (Phi) is 8.67. The van der Waals surface area contributed by atoms with E-state index in [0.29, 0.717) is 6.61 Å². The van der Waals surface area contributed by atoms with Crippen molar-refractivity contribution in [2.45, 2.75) is 142 Å². The third-order valence-electron chi connectivity index (χ3n) is 10.2. The third-order valence-corrected chi connectivity index (χ3v) is 10.2. The van der Waals surface area contributed by atoms with Crippen molar-refractivity contribution in [2.75, 3.05) is 11.6 Å². The lowest BCUT2D eigenvalue weighted by atomic mass is 9.75. The van der Waals surface area contributed by atoms with Gasteiger partial charge in [-0.1, -0.05) is 62.4 Å². The van der Waals surface area contributed by atoms with Gasteiger partial charge in [-0.2, -0.15) is 15.2 Å². The molecule has 6 nitrogen and oxygen atoms in total. The van der Waals surface area contributed by atoms with Crippen LogP contribution in [-0.4, -0.2) is 56.7 Å². The van der Waals surface area contributed by atoms with Gasteiger partial charge in [0.2, 0.25) is 0 Å². The molecule has 0 N–H and O–H groups in total. The number of rotatable bonds is 8. The van der Waals surface area contributed by atoms with Crippen molar-refractivity contribution >= 4 is 11.4 Å². The first-order valence-corrected chi connectivity index (χ1v) is 16.5. The maximum Gasteiger partial charge on any atom is 0.128 e. The van der Waals surface area contributed by atoms with Crippen LogP contribution in [0, 0.1) is 5.41 Å². The summed E-state index contributed by atoms with van der Waals surface area (Å²) in [6.07, 6.45) is 6.54.